The van der Waals surface area contributed by atoms with E-state index in [-0.39, 0.29) is 17.3 Å². The fourth-order valence-electron chi connectivity index (χ4n) is 2.43. The third-order valence-corrected chi connectivity index (χ3v) is 3.95. The molecule has 0 spiro atoms. The molecule has 0 fully saturated rings. The van der Waals surface area contributed by atoms with Gasteiger partial charge in [0, 0.05) is 29.1 Å². The molecular weight excluding hydrogens is 392 g/mol. The third-order valence-electron chi connectivity index (χ3n) is 3.72. The van der Waals surface area contributed by atoms with Crippen molar-refractivity contribution in [2.45, 2.75) is 6.92 Å². The van der Waals surface area contributed by atoms with Gasteiger partial charge in [0.1, 0.15) is 11.4 Å². The Bertz CT molecular complexity index is 1010. The number of benzene rings is 2. The van der Waals surface area contributed by atoms with E-state index in [0.717, 1.165) is 5.69 Å². The van der Waals surface area contributed by atoms with Crippen LogP contribution in [0, 0.1) is 0 Å². The molecule has 0 aliphatic carbocycles. The van der Waals surface area contributed by atoms with Crippen LogP contribution in [0.5, 0.6) is 0 Å². The molecule has 2 aromatic carbocycles. The summed E-state index contributed by atoms with van der Waals surface area (Å²) < 4.78 is 0. The SMILES string of the molecule is CCNC(=O)Nc1ncc(C(=O)Nc2cccc(Cl)c2)c(Nc2ccccc2)n1. The minimum absolute atomic E-state index is 0.0636. The van der Waals surface area contributed by atoms with Crippen LogP contribution in [0.15, 0.2) is 60.8 Å². The molecule has 0 saturated heterocycles. The molecule has 3 amide bonds. The van der Waals surface area contributed by atoms with Gasteiger partial charge >= 0.3 is 6.03 Å². The van der Waals surface area contributed by atoms with Crippen LogP contribution >= 0.6 is 11.6 Å². The predicted octanol–water partition coefficient (Wildman–Crippen LogP) is 4.27. The van der Waals surface area contributed by atoms with Gasteiger partial charge in [-0.2, -0.15) is 4.98 Å². The summed E-state index contributed by atoms with van der Waals surface area (Å²) in [4.78, 5) is 32.9. The number of anilines is 4. The zero-order chi connectivity index (χ0) is 20.6. The second-order valence-corrected chi connectivity index (χ2v) is 6.33. The first-order chi connectivity index (χ1) is 14.0. The van der Waals surface area contributed by atoms with Crippen LogP contribution in [0.4, 0.5) is 27.9 Å². The van der Waals surface area contributed by atoms with Gasteiger partial charge in [0.15, 0.2) is 0 Å². The standard InChI is InChI=1S/C20H19ClN6O2/c1-2-22-20(29)27-19-23-12-16(17(26-19)24-14-8-4-3-5-9-14)18(28)25-15-10-6-7-13(21)11-15/h3-12H,2H2,1H3,(H,25,28)(H3,22,23,24,26,27,29). The fourth-order valence-corrected chi connectivity index (χ4v) is 2.62. The van der Waals surface area contributed by atoms with Crippen LogP contribution in [0.1, 0.15) is 17.3 Å². The van der Waals surface area contributed by atoms with Crippen LogP contribution < -0.4 is 21.3 Å². The molecular formula is C20H19ClN6O2. The Labute approximate surface area is 172 Å². The number of nitrogens with one attached hydrogen (secondary N) is 4. The van der Waals surface area contributed by atoms with E-state index in [1.54, 1.807) is 31.2 Å². The number of hydrogen-bond donors (Lipinski definition) is 4. The van der Waals surface area contributed by atoms with Crippen molar-refractivity contribution in [1.82, 2.24) is 15.3 Å². The van der Waals surface area contributed by atoms with Crippen LogP contribution in [-0.2, 0) is 0 Å². The lowest BCUT2D eigenvalue weighted by atomic mass is 10.2. The molecule has 8 nitrogen and oxygen atoms in total. The summed E-state index contributed by atoms with van der Waals surface area (Å²) in [6.07, 6.45) is 1.35. The number of para-hydroxylation sites is 1. The smallest absolute Gasteiger partial charge is 0.321 e. The number of carbonyl (C=O) groups is 2. The Morgan fingerprint density at radius 1 is 1.00 bits per heavy atom. The molecule has 0 atom stereocenters. The van der Waals surface area contributed by atoms with Crippen molar-refractivity contribution < 1.29 is 9.59 Å². The zero-order valence-electron chi connectivity index (χ0n) is 15.6. The van der Waals surface area contributed by atoms with Crippen LogP contribution in [0.25, 0.3) is 0 Å². The number of carbonyl (C=O) groups excluding carboxylic acids is 2. The highest BCUT2D eigenvalue weighted by atomic mass is 35.5. The number of rotatable bonds is 6. The lowest BCUT2D eigenvalue weighted by molar-refractivity contribution is 0.102. The Balaban J connectivity index is 1.89. The fraction of sp³-hybridized carbons (Fsp3) is 0.100. The Morgan fingerprint density at radius 2 is 1.76 bits per heavy atom. The minimum Gasteiger partial charge on any atom is -0.339 e. The summed E-state index contributed by atoms with van der Waals surface area (Å²) in [5.74, 6) is -0.110. The Morgan fingerprint density at radius 3 is 2.48 bits per heavy atom. The quantitative estimate of drug-likeness (QED) is 0.485. The molecule has 4 N–H and O–H groups in total. The molecule has 3 rings (SSSR count). The number of urea groups is 1. The van der Waals surface area contributed by atoms with Gasteiger partial charge in [-0.3, -0.25) is 10.1 Å². The molecule has 3 aromatic rings. The number of aromatic nitrogens is 2. The first kappa shape index (κ1) is 20.1. The first-order valence-electron chi connectivity index (χ1n) is 8.86. The first-order valence-corrected chi connectivity index (χ1v) is 9.24. The van der Waals surface area contributed by atoms with E-state index in [0.29, 0.717) is 17.3 Å². The predicted molar refractivity (Wildman–Crippen MR) is 114 cm³/mol. The van der Waals surface area contributed by atoms with E-state index in [9.17, 15) is 9.59 Å². The molecule has 29 heavy (non-hydrogen) atoms. The summed E-state index contributed by atoms with van der Waals surface area (Å²) in [7, 11) is 0. The van der Waals surface area contributed by atoms with E-state index >= 15 is 0 Å². The average molecular weight is 411 g/mol. The minimum atomic E-state index is -0.436. The molecule has 0 radical (unpaired) electrons. The topological polar surface area (TPSA) is 108 Å². The van der Waals surface area contributed by atoms with Crippen LogP contribution in [-0.4, -0.2) is 28.5 Å². The van der Waals surface area contributed by atoms with E-state index in [1.165, 1.54) is 6.20 Å². The lowest BCUT2D eigenvalue weighted by Crippen LogP contribution is -2.29. The van der Waals surface area contributed by atoms with Crippen molar-refractivity contribution in [2.24, 2.45) is 0 Å². The van der Waals surface area contributed by atoms with E-state index < -0.39 is 11.9 Å². The summed E-state index contributed by atoms with van der Waals surface area (Å²) in [6, 6.07) is 15.6. The normalized spacial score (nSPS) is 10.1. The highest BCUT2D eigenvalue weighted by molar-refractivity contribution is 6.31. The summed E-state index contributed by atoms with van der Waals surface area (Å²) in [5.41, 5.74) is 1.47. The molecule has 1 heterocycles. The average Bonchev–Trinajstić information content (AvgIpc) is 2.69. The van der Waals surface area contributed by atoms with Crippen molar-refractivity contribution in [3.8, 4) is 0 Å². The van der Waals surface area contributed by atoms with Gasteiger partial charge < -0.3 is 16.0 Å². The van der Waals surface area contributed by atoms with Gasteiger partial charge in [0.25, 0.3) is 5.91 Å². The van der Waals surface area contributed by atoms with Gasteiger partial charge in [-0.25, -0.2) is 9.78 Å². The number of nitrogens with zero attached hydrogens (tertiary/aromatic N) is 2. The number of halogens is 1. The summed E-state index contributed by atoms with van der Waals surface area (Å²) in [5, 5.41) is 11.5. The second-order valence-electron chi connectivity index (χ2n) is 5.90. The summed E-state index contributed by atoms with van der Waals surface area (Å²) >= 11 is 5.97. The van der Waals surface area contributed by atoms with Gasteiger partial charge in [0.05, 0.1) is 0 Å². The molecule has 0 aliphatic rings. The Kier molecular flexibility index (Phi) is 6.59. The maximum atomic E-state index is 12.8. The third kappa shape index (κ3) is 5.66. The van der Waals surface area contributed by atoms with Gasteiger partial charge in [0.2, 0.25) is 5.95 Å². The van der Waals surface area contributed by atoms with E-state index in [2.05, 4.69) is 31.2 Å². The molecule has 148 valence electrons. The van der Waals surface area contributed by atoms with Gasteiger partial charge in [-0.05, 0) is 37.3 Å². The van der Waals surface area contributed by atoms with Crippen molar-refractivity contribution in [3.63, 3.8) is 0 Å². The maximum absolute atomic E-state index is 12.8. The molecule has 0 bridgehead atoms. The second kappa shape index (κ2) is 9.52. The van der Waals surface area contributed by atoms with Crippen molar-refractivity contribution in [2.75, 3.05) is 22.5 Å². The Hall–Kier alpha value is -3.65. The van der Waals surface area contributed by atoms with Crippen LogP contribution in [0.3, 0.4) is 0 Å². The largest absolute Gasteiger partial charge is 0.339 e. The number of amides is 3. The molecule has 9 heteroatoms. The van der Waals surface area contributed by atoms with E-state index in [4.69, 9.17) is 11.6 Å². The summed E-state index contributed by atoms with van der Waals surface area (Å²) in [6.45, 7) is 2.26. The molecule has 0 aliphatic heterocycles. The van der Waals surface area contributed by atoms with Gasteiger partial charge in [-0.15, -0.1) is 0 Å². The van der Waals surface area contributed by atoms with Gasteiger partial charge in [-0.1, -0.05) is 35.9 Å². The maximum Gasteiger partial charge on any atom is 0.321 e. The van der Waals surface area contributed by atoms with Crippen molar-refractivity contribution in [3.05, 3.63) is 71.4 Å². The molecule has 0 unspecified atom stereocenters. The highest BCUT2D eigenvalue weighted by Crippen LogP contribution is 2.22. The van der Waals surface area contributed by atoms with Crippen LogP contribution in [0.2, 0.25) is 5.02 Å². The monoisotopic (exact) mass is 410 g/mol. The number of hydrogen-bond acceptors (Lipinski definition) is 5. The van der Waals surface area contributed by atoms with Crippen molar-refractivity contribution in [1.29, 1.82) is 0 Å². The lowest BCUT2D eigenvalue weighted by Gasteiger charge is -2.13. The highest BCUT2D eigenvalue weighted by Gasteiger charge is 2.16. The molecule has 0 saturated carbocycles. The zero-order valence-corrected chi connectivity index (χ0v) is 16.3. The van der Waals surface area contributed by atoms with Crippen molar-refractivity contribution >= 4 is 46.7 Å². The van der Waals surface area contributed by atoms with E-state index in [1.807, 2.05) is 30.3 Å². The molecule has 1 aromatic heterocycles.